The lowest BCUT2D eigenvalue weighted by Gasteiger charge is -2.43. The molecule has 0 radical (unpaired) electrons. The lowest BCUT2D eigenvalue weighted by atomic mass is 9.82. The lowest BCUT2D eigenvalue weighted by molar-refractivity contribution is -0.148. The van der Waals surface area contributed by atoms with Crippen LogP contribution in [0.1, 0.15) is 44.2 Å². The van der Waals surface area contributed by atoms with Crippen molar-refractivity contribution in [3.05, 3.63) is 29.8 Å². The Kier molecular flexibility index (Phi) is 6.72. The summed E-state index contributed by atoms with van der Waals surface area (Å²) in [7, 11) is 1.65. The van der Waals surface area contributed by atoms with Crippen molar-refractivity contribution in [2.75, 3.05) is 39.8 Å². The second kappa shape index (κ2) is 9.22. The van der Waals surface area contributed by atoms with Gasteiger partial charge in [0.05, 0.1) is 19.1 Å². The summed E-state index contributed by atoms with van der Waals surface area (Å²) < 4.78 is 5.59. The molecule has 2 atom stereocenters. The number of ether oxygens (including phenoxy) is 1. The van der Waals surface area contributed by atoms with Crippen molar-refractivity contribution in [1.29, 1.82) is 0 Å². The van der Waals surface area contributed by atoms with Gasteiger partial charge in [-0.2, -0.15) is 0 Å². The number of carbonyl (C=O) groups excluding carboxylic acids is 2. The molecule has 2 fully saturated rings. The zero-order valence-corrected chi connectivity index (χ0v) is 16.4. The van der Waals surface area contributed by atoms with Gasteiger partial charge in [-0.05, 0) is 18.9 Å². The van der Waals surface area contributed by atoms with Gasteiger partial charge in [-0.3, -0.25) is 9.59 Å². The standard InChI is InChI=1S/C21H31N3O3/c1-3-4-13-24-19(25)10-9-17(21(26)23-14-11-22-12-15-23)20(24)16-7-5-6-8-18(16)27-2/h5-8,17,20,22H,3-4,9-15H2,1-2H3/t17-,20-/m0/s1. The van der Waals surface area contributed by atoms with Crippen molar-refractivity contribution >= 4 is 11.8 Å². The van der Waals surface area contributed by atoms with E-state index in [1.807, 2.05) is 34.1 Å². The summed E-state index contributed by atoms with van der Waals surface area (Å²) in [6.07, 6.45) is 3.00. The highest BCUT2D eigenvalue weighted by Crippen LogP contribution is 2.41. The molecule has 2 heterocycles. The van der Waals surface area contributed by atoms with Crippen molar-refractivity contribution in [2.24, 2.45) is 5.92 Å². The first-order chi connectivity index (χ1) is 13.2. The van der Waals surface area contributed by atoms with Gasteiger partial charge in [-0.25, -0.2) is 0 Å². The number of piperazine rings is 1. The van der Waals surface area contributed by atoms with Crippen LogP contribution in [0.4, 0.5) is 0 Å². The number of para-hydroxylation sites is 1. The Bertz CT molecular complexity index is 658. The number of hydrogen-bond acceptors (Lipinski definition) is 4. The van der Waals surface area contributed by atoms with E-state index < -0.39 is 0 Å². The van der Waals surface area contributed by atoms with E-state index in [2.05, 4.69) is 12.2 Å². The van der Waals surface area contributed by atoms with Crippen LogP contribution < -0.4 is 10.1 Å². The molecule has 0 aliphatic carbocycles. The molecule has 2 aliphatic rings. The number of nitrogens with one attached hydrogen (secondary N) is 1. The van der Waals surface area contributed by atoms with E-state index in [0.29, 0.717) is 19.4 Å². The third-order valence-electron chi connectivity index (χ3n) is 5.66. The fourth-order valence-electron chi connectivity index (χ4n) is 4.22. The molecular weight excluding hydrogens is 342 g/mol. The van der Waals surface area contributed by atoms with Gasteiger partial charge in [0, 0.05) is 44.7 Å². The Hall–Kier alpha value is -2.08. The number of hydrogen-bond donors (Lipinski definition) is 1. The largest absolute Gasteiger partial charge is 0.496 e. The first-order valence-corrected chi connectivity index (χ1v) is 10.1. The molecule has 27 heavy (non-hydrogen) atoms. The number of rotatable bonds is 6. The predicted octanol–water partition coefficient (Wildman–Crippen LogP) is 2.21. The summed E-state index contributed by atoms with van der Waals surface area (Å²) in [5, 5.41) is 3.30. The second-order valence-electron chi connectivity index (χ2n) is 7.35. The lowest BCUT2D eigenvalue weighted by Crippen LogP contribution is -2.53. The minimum Gasteiger partial charge on any atom is -0.496 e. The summed E-state index contributed by atoms with van der Waals surface area (Å²) in [6.45, 7) is 5.93. The van der Waals surface area contributed by atoms with E-state index in [1.54, 1.807) is 7.11 Å². The zero-order chi connectivity index (χ0) is 19.2. The number of benzene rings is 1. The highest BCUT2D eigenvalue weighted by atomic mass is 16.5. The summed E-state index contributed by atoms with van der Waals surface area (Å²) in [5.41, 5.74) is 0.942. The number of unbranched alkanes of at least 4 members (excludes halogenated alkanes) is 1. The first-order valence-electron chi connectivity index (χ1n) is 10.1. The molecule has 0 aromatic heterocycles. The molecule has 3 rings (SSSR count). The van der Waals surface area contributed by atoms with Crippen molar-refractivity contribution < 1.29 is 14.3 Å². The first kappa shape index (κ1) is 19.7. The molecule has 0 unspecified atom stereocenters. The maximum atomic E-state index is 13.4. The van der Waals surface area contributed by atoms with Crippen LogP contribution in [0.5, 0.6) is 5.75 Å². The van der Waals surface area contributed by atoms with E-state index in [4.69, 9.17) is 4.74 Å². The average Bonchev–Trinajstić information content (AvgIpc) is 2.72. The fourth-order valence-corrected chi connectivity index (χ4v) is 4.22. The van der Waals surface area contributed by atoms with E-state index in [9.17, 15) is 9.59 Å². The molecule has 2 saturated heterocycles. The molecule has 2 aliphatic heterocycles. The Morgan fingerprint density at radius 2 is 2.00 bits per heavy atom. The highest BCUT2D eigenvalue weighted by Gasteiger charge is 2.43. The van der Waals surface area contributed by atoms with Crippen LogP contribution in [0.2, 0.25) is 0 Å². The van der Waals surface area contributed by atoms with Crippen LogP contribution in [-0.2, 0) is 9.59 Å². The van der Waals surface area contributed by atoms with Crippen molar-refractivity contribution in [3.8, 4) is 5.75 Å². The quantitative estimate of drug-likeness (QED) is 0.830. The van der Waals surface area contributed by atoms with E-state index >= 15 is 0 Å². The smallest absolute Gasteiger partial charge is 0.228 e. The van der Waals surface area contributed by atoms with Gasteiger partial charge in [0.2, 0.25) is 11.8 Å². The molecule has 6 nitrogen and oxygen atoms in total. The molecule has 0 bridgehead atoms. The van der Waals surface area contributed by atoms with Crippen molar-refractivity contribution in [2.45, 2.75) is 38.6 Å². The van der Waals surface area contributed by atoms with E-state index in [-0.39, 0.29) is 23.8 Å². The topological polar surface area (TPSA) is 61.9 Å². The highest BCUT2D eigenvalue weighted by molar-refractivity contribution is 5.85. The van der Waals surface area contributed by atoms with Gasteiger partial charge >= 0.3 is 0 Å². The minimum atomic E-state index is -0.253. The van der Waals surface area contributed by atoms with Crippen LogP contribution in [-0.4, -0.2) is 61.4 Å². The molecule has 1 aromatic rings. The van der Waals surface area contributed by atoms with Gasteiger partial charge in [0.25, 0.3) is 0 Å². The molecule has 0 spiro atoms. The van der Waals surface area contributed by atoms with E-state index in [0.717, 1.165) is 50.3 Å². The molecular formula is C21H31N3O3. The summed E-state index contributed by atoms with van der Waals surface area (Å²) in [5.74, 6) is 0.843. The van der Waals surface area contributed by atoms with Crippen LogP contribution in [0.25, 0.3) is 0 Å². The van der Waals surface area contributed by atoms with Crippen molar-refractivity contribution in [1.82, 2.24) is 15.1 Å². The summed E-state index contributed by atoms with van der Waals surface area (Å²) in [4.78, 5) is 30.0. The fraction of sp³-hybridized carbons (Fsp3) is 0.619. The number of amides is 2. The molecule has 1 N–H and O–H groups in total. The third kappa shape index (κ3) is 4.26. The Morgan fingerprint density at radius 3 is 2.70 bits per heavy atom. The number of piperidine rings is 1. The van der Waals surface area contributed by atoms with E-state index in [1.165, 1.54) is 0 Å². The summed E-state index contributed by atoms with van der Waals surface area (Å²) >= 11 is 0. The van der Waals surface area contributed by atoms with Crippen LogP contribution in [0, 0.1) is 5.92 Å². The maximum absolute atomic E-state index is 13.4. The third-order valence-corrected chi connectivity index (χ3v) is 5.66. The predicted molar refractivity (Wildman–Crippen MR) is 105 cm³/mol. The SMILES string of the molecule is CCCCN1C(=O)CC[C@H](C(=O)N2CCNCC2)[C@@H]1c1ccccc1OC. The zero-order valence-electron chi connectivity index (χ0n) is 16.4. The molecule has 2 amide bonds. The monoisotopic (exact) mass is 373 g/mol. The van der Waals surface area contributed by atoms with Gasteiger partial charge in [-0.1, -0.05) is 31.5 Å². The van der Waals surface area contributed by atoms with Crippen molar-refractivity contribution in [3.63, 3.8) is 0 Å². The van der Waals surface area contributed by atoms with Gasteiger partial charge in [0.1, 0.15) is 5.75 Å². The number of carbonyl (C=O) groups is 2. The average molecular weight is 373 g/mol. The number of likely N-dealkylation sites (tertiary alicyclic amines) is 1. The van der Waals surface area contributed by atoms with Crippen LogP contribution >= 0.6 is 0 Å². The van der Waals surface area contributed by atoms with Crippen LogP contribution in [0.3, 0.4) is 0 Å². The number of nitrogens with zero attached hydrogens (tertiary/aromatic N) is 2. The van der Waals surface area contributed by atoms with Gasteiger partial charge in [0.15, 0.2) is 0 Å². The Labute approximate surface area is 161 Å². The Balaban J connectivity index is 1.96. The second-order valence-corrected chi connectivity index (χ2v) is 7.35. The molecule has 6 heteroatoms. The molecule has 148 valence electrons. The minimum absolute atomic E-state index is 0.142. The van der Waals surface area contributed by atoms with Gasteiger partial charge < -0.3 is 19.9 Å². The normalized spacial score (nSPS) is 23.4. The molecule has 1 aromatic carbocycles. The summed E-state index contributed by atoms with van der Waals surface area (Å²) in [6, 6.07) is 7.55. The Morgan fingerprint density at radius 1 is 1.26 bits per heavy atom. The molecule has 0 saturated carbocycles. The van der Waals surface area contributed by atoms with Crippen LogP contribution in [0.15, 0.2) is 24.3 Å². The van der Waals surface area contributed by atoms with Gasteiger partial charge in [-0.15, -0.1) is 0 Å². The maximum Gasteiger partial charge on any atom is 0.228 e. The number of methoxy groups -OCH3 is 1.